The zero-order valence-corrected chi connectivity index (χ0v) is 13.6. The number of alkyl halides is 2. The zero-order valence-electron chi connectivity index (χ0n) is 12.0. The highest BCUT2D eigenvalue weighted by molar-refractivity contribution is 9.10. The molecule has 7 heteroatoms. The summed E-state index contributed by atoms with van der Waals surface area (Å²) in [7, 11) is 0. The van der Waals surface area contributed by atoms with Crippen LogP contribution in [0.3, 0.4) is 0 Å². The first kappa shape index (κ1) is 16.5. The molecule has 2 rings (SSSR count). The maximum Gasteiger partial charge on any atom is 0.261 e. The number of rotatable bonds is 9. The largest absolute Gasteiger partial charge is 0.375 e. The van der Waals surface area contributed by atoms with E-state index in [1.54, 1.807) is 0 Å². The summed E-state index contributed by atoms with van der Waals surface area (Å²) in [4.78, 5) is 9.01. The van der Waals surface area contributed by atoms with E-state index in [0.29, 0.717) is 18.2 Å². The molecule has 0 aromatic carbocycles. The van der Waals surface area contributed by atoms with Crippen LogP contribution in [0.25, 0.3) is 0 Å². The summed E-state index contributed by atoms with van der Waals surface area (Å²) < 4.78 is 29.9. The first-order valence-corrected chi connectivity index (χ1v) is 8.07. The fourth-order valence-corrected chi connectivity index (χ4v) is 2.59. The van der Waals surface area contributed by atoms with Crippen LogP contribution in [0.1, 0.15) is 43.6 Å². The van der Waals surface area contributed by atoms with Gasteiger partial charge in [0.25, 0.3) is 6.43 Å². The molecule has 21 heavy (non-hydrogen) atoms. The Bertz CT molecular complexity index is 470. The molecule has 1 aromatic heterocycles. The fourth-order valence-electron chi connectivity index (χ4n) is 1.95. The summed E-state index contributed by atoms with van der Waals surface area (Å²) in [6.45, 7) is 2.60. The van der Waals surface area contributed by atoms with Gasteiger partial charge in [0.2, 0.25) is 0 Å². The minimum atomic E-state index is -2.43. The second kappa shape index (κ2) is 7.98. The average Bonchev–Trinajstić information content (AvgIpc) is 3.27. The van der Waals surface area contributed by atoms with Crippen molar-refractivity contribution in [2.45, 2.75) is 45.0 Å². The second-order valence-electron chi connectivity index (χ2n) is 5.10. The van der Waals surface area contributed by atoms with Crippen LogP contribution in [0.15, 0.2) is 4.47 Å². The minimum Gasteiger partial charge on any atom is -0.375 e. The van der Waals surface area contributed by atoms with Crippen molar-refractivity contribution in [2.75, 3.05) is 25.1 Å². The lowest BCUT2D eigenvalue weighted by molar-refractivity contribution is 0.0183. The normalized spacial score (nSPS) is 14.7. The minimum absolute atomic E-state index is 0.212. The van der Waals surface area contributed by atoms with Crippen LogP contribution >= 0.6 is 15.9 Å². The molecule has 118 valence electrons. The third-order valence-corrected chi connectivity index (χ3v) is 3.93. The monoisotopic (exact) mass is 363 g/mol. The Labute approximate surface area is 131 Å². The van der Waals surface area contributed by atoms with Gasteiger partial charge >= 0.3 is 0 Å². The summed E-state index contributed by atoms with van der Waals surface area (Å²) in [5.74, 6) is 1.93. The van der Waals surface area contributed by atoms with Crippen LogP contribution in [-0.4, -0.2) is 36.2 Å². The Morgan fingerprint density at radius 2 is 2.14 bits per heavy atom. The fraction of sp³-hybridized carbons (Fsp3) is 0.714. The molecule has 1 heterocycles. The van der Waals surface area contributed by atoms with Gasteiger partial charge in [-0.25, -0.2) is 18.7 Å². The van der Waals surface area contributed by atoms with E-state index >= 15 is 0 Å². The van der Waals surface area contributed by atoms with Crippen molar-refractivity contribution >= 4 is 21.7 Å². The van der Waals surface area contributed by atoms with Crippen molar-refractivity contribution in [3.05, 3.63) is 16.0 Å². The molecule has 0 radical (unpaired) electrons. The van der Waals surface area contributed by atoms with Crippen molar-refractivity contribution < 1.29 is 13.5 Å². The standard InChI is InChI=1S/C14H20BrF2N3O/c1-2-6-18-14-12(15)13(9-3-4-9)19-11(20-14)5-7-21-8-10(16)17/h9-10H,2-8H2,1H3,(H,18,19,20). The van der Waals surface area contributed by atoms with Crippen molar-refractivity contribution in [1.29, 1.82) is 0 Å². The van der Waals surface area contributed by atoms with E-state index in [9.17, 15) is 8.78 Å². The van der Waals surface area contributed by atoms with Gasteiger partial charge in [0.1, 0.15) is 18.2 Å². The Kier molecular flexibility index (Phi) is 6.29. The van der Waals surface area contributed by atoms with Crippen LogP contribution < -0.4 is 5.32 Å². The molecule has 0 amide bonds. The number of halogens is 3. The predicted octanol–water partition coefficient (Wildman–Crippen LogP) is 3.76. The van der Waals surface area contributed by atoms with Crippen LogP contribution in [0, 0.1) is 0 Å². The van der Waals surface area contributed by atoms with Gasteiger partial charge in [0.15, 0.2) is 0 Å². The highest BCUT2D eigenvalue weighted by atomic mass is 79.9. The Morgan fingerprint density at radius 1 is 1.38 bits per heavy atom. The van der Waals surface area contributed by atoms with Crippen molar-refractivity contribution in [3.63, 3.8) is 0 Å². The van der Waals surface area contributed by atoms with Gasteiger partial charge in [-0.2, -0.15) is 0 Å². The van der Waals surface area contributed by atoms with E-state index in [-0.39, 0.29) is 6.61 Å². The molecule has 1 aliphatic rings. The molecular formula is C14H20BrF2N3O. The molecule has 0 saturated heterocycles. The number of hydrogen-bond donors (Lipinski definition) is 1. The van der Waals surface area contributed by atoms with Gasteiger partial charge in [-0.1, -0.05) is 6.92 Å². The zero-order chi connectivity index (χ0) is 15.2. The lowest BCUT2D eigenvalue weighted by Gasteiger charge is -2.12. The van der Waals surface area contributed by atoms with Crippen molar-refractivity contribution in [3.8, 4) is 0 Å². The van der Waals surface area contributed by atoms with Crippen LogP contribution in [-0.2, 0) is 11.2 Å². The number of ether oxygens (including phenoxy) is 1. The van der Waals surface area contributed by atoms with Crippen LogP contribution in [0.5, 0.6) is 0 Å². The molecular weight excluding hydrogens is 344 g/mol. The van der Waals surface area contributed by atoms with Gasteiger partial charge < -0.3 is 10.1 Å². The highest BCUT2D eigenvalue weighted by Gasteiger charge is 2.29. The summed E-state index contributed by atoms with van der Waals surface area (Å²) in [6.07, 6.45) is 1.30. The van der Waals surface area contributed by atoms with E-state index in [1.165, 1.54) is 0 Å². The van der Waals surface area contributed by atoms with Crippen LogP contribution in [0.4, 0.5) is 14.6 Å². The summed E-state index contributed by atoms with van der Waals surface area (Å²) in [6, 6.07) is 0. The molecule has 1 aliphatic carbocycles. The van der Waals surface area contributed by atoms with E-state index in [1.807, 2.05) is 0 Å². The topological polar surface area (TPSA) is 47.0 Å². The molecule has 4 nitrogen and oxygen atoms in total. The van der Waals surface area contributed by atoms with Gasteiger partial charge in [-0.15, -0.1) is 0 Å². The molecule has 0 unspecified atom stereocenters. The lowest BCUT2D eigenvalue weighted by atomic mass is 10.2. The maximum absolute atomic E-state index is 12.0. The number of anilines is 1. The second-order valence-corrected chi connectivity index (χ2v) is 5.90. The SMILES string of the molecule is CCCNc1nc(CCOCC(F)F)nc(C2CC2)c1Br. The number of nitrogens with zero attached hydrogens (tertiary/aromatic N) is 2. The third-order valence-electron chi connectivity index (χ3n) is 3.14. The Balaban J connectivity index is 2.03. The van der Waals surface area contributed by atoms with Crippen molar-refractivity contribution in [1.82, 2.24) is 9.97 Å². The van der Waals surface area contributed by atoms with Gasteiger partial charge in [0, 0.05) is 18.9 Å². The Morgan fingerprint density at radius 3 is 2.76 bits per heavy atom. The molecule has 0 atom stereocenters. The lowest BCUT2D eigenvalue weighted by Crippen LogP contribution is -2.12. The summed E-state index contributed by atoms with van der Waals surface area (Å²) in [5.41, 5.74) is 1.02. The van der Waals surface area contributed by atoms with E-state index in [4.69, 9.17) is 4.74 Å². The first-order chi connectivity index (χ1) is 10.1. The number of hydrogen-bond acceptors (Lipinski definition) is 4. The first-order valence-electron chi connectivity index (χ1n) is 7.27. The quantitative estimate of drug-likeness (QED) is 0.678. The van der Waals surface area contributed by atoms with E-state index in [2.05, 4.69) is 38.1 Å². The molecule has 0 aliphatic heterocycles. The molecule has 1 saturated carbocycles. The molecule has 0 bridgehead atoms. The highest BCUT2D eigenvalue weighted by Crippen LogP contribution is 2.43. The van der Waals surface area contributed by atoms with Crippen molar-refractivity contribution in [2.24, 2.45) is 0 Å². The molecule has 1 aromatic rings. The average molecular weight is 364 g/mol. The Hall–Kier alpha value is -0.820. The summed E-state index contributed by atoms with van der Waals surface area (Å²) in [5, 5.41) is 3.28. The van der Waals surface area contributed by atoms with E-state index in [0.717, 1.165) is 41.8 Å². The third kappa shape index (κ3) is 5.14. The maximum atomic E-state index is 12.0. The molecule has 0 spiro atoms. The predicted molar refractivity (Wildman–Crippen MR) is 81.0 cm³/mol. The number of aromatic nitrogens is 2. The smallest absolute Gasteiger partial charge is 0.261 e. The van der Waals surface area contributed by atoms with Gasteiger partial charge in [-0.3, -0.25) is 0 Å². The number of nitrogens with one attached hydrogen (secondary N) is 1. The summed E-state index contributed by atoms with van der Waals surface area (Å²) >= 11 is 3.57. The molecule has 1 fully saturated rings. The van der Waals surface area contributed by atoms with Gasteiger partial charge in [0.05, 0.1) is 16.8 Å². The van der Waals surface area contributed by atoms with Crippen LogP contribution in [0.2, 0.25) is 0 Å². The van der Waals surface area contributed by atoms with Gasteiger partial charge in [-0.05, 0) is 35.2 Å². The van der Waals surface area contributed by atoms with E-state index < -0.39 is 13.0 Å². The molecule has 1 N–H and O–H groups in total.